The molecule has 2 aliphatic heterocycles. The van der Waals surface area contributed by atoms with Gasteiger partial charge < -0.3 is 15.0 Å². The van der Waals surface area contributed by atoms with Gasteiger partial charge in [0, 0.05) is 56.8 Å². The summed E-state index contributed by atoms with van der Waals surface area (Å²) in [6.45, 7) is 2.88. The monoisotopic (exact) mass is 354 g/mol. The van der Waals surface area contributed by atoms with Crippen LogP contribution >= 0.6 is 0 Å². The molecule has 4 rings (SSSR count). The molecule has 1 atom stereocenters. The zero-order valence-corrected chi connectivity index (χ0v) is 14.6. The topological polar surface area (TPSA) is 93.1 Å². The maximum atomic E-state index is 11.7. The summed E-state index contributed by atoms with van der Waals surface area (Å²) >= 11 is 0. The molecule has 8 heteroatoms. The first-order valence-electron chi connectivity index (χ1n) is 9.08. The van der Waals surface area contributed by atoms with Crippen LogP contribution in [0.4, 0.5) is 5.95 Å². The van der Waals surface area contributed by atoms with Crippen LogP contribution in [0.15, 0.2) is 24.8 Å². The van der Waals surface area contributed by atoms with Gasteiger partial charge >= 0.3 is 0 Å². The standard InChI is InChI=1S/C18H22N6O2/c25-16-4-1-8-24(16)9-7-21-18-22-11-13(14-12-19-5-6-20-14)17(23-18)15-3-2-10-26-15/h5-6,11-12,15H,1-4,7-10H2,(H,21,22,23)/t15-/m1/s1. The van der Waals surface area contributed by atoms with E-state index in [1.807, 2.05) is 4.90 Å². The third kappa shape index (κ3) is 3.65. The third-order valence-corrected chi connectivity index (χ3v) is 4.73. The van der Waals surface area contributed by atoms with E-state index in [4.69, 9.17) is 9.72 Å². The highest BCUT2D eigenvalue weighted by molar-refractivity contribution is 5.78. The average Bonchev–Trinajstić information content (AvgIpc) is 3.35. The van der Waals surface area contributed by atoms with Crippen molar-refractivity contribution in [2.75, 3.05) is 31.6 Å². The molecular weight excluding hydrogens is 332 g/mol. The number of hydrogen-bond donors (Lipinski definition) is 1. The Morgan fingerprint density at radius 1 is 1.23 bits per heavy atom. The van der Waals surface area contributed by atoms with Gasteiger partial charge in [-0.1, -0.05) is 0 Å². The van der Waals surface area contributed by atoms with Gasteiger partial charge in [-0.05, 0) is 19.3 Å². The molecule has 0 bridgehead atoms. The summed E-state index contributed by atoms with van der Waals surface area (Å²) in [5, 5.41) is 3.23. The Hall–Kier alpha value is -2.61. The van der Waals surface area contributed by atoms with Gasteiger partial charge in [0.2, 0.25) is 11.9 Å². The lowest BCUT2D eigenvalue weighted by atomic mass is 10.1. The van der Waals surface area contributed by atoms with Crippen LogP contribution in [0.3, 0.4) is 0 Å². The molecule has 1 amide bonds. The first-order valence-corrected chi connectivity index (χ1v) is 9.08. The van der Waals surface area contributed by atoms with Crippen molar-refractivity contribution in [2.45, 2.75) is 31.8 Å². The number of hydrogen-bond acceptors (Lipinski definition) is 7. The summed E-state index contributed by atoms with van der Waals surface area (Å²) < 4.78 is 5.84. The maximum Gasteiger partial charge on any atom is 0.223 e. The predicted molar refractivity (Wildman–Crippen MR) is 95.3 cm³/mol. The zero-order valence-electron chi connectivity index (χ0n) is 14.6. The molecule has 0 saturated carbocycles. The number of nitrogens with one attached hydrogen (secondary N) is 1. The van der Waals surface area contributed by atoms with Crippen molar-refractivity contribution in [1.82, 2.24) is 24.8 Å². The van der Waals surface area contributed by atoms with Crippen LogP contribution in [0.2, 0.25) is 0 Å². The lowest BCUT2D eigenvalue weighted by molar-refractivity contribution is -0.127. The van der Waals surface area contributed by atoms with Gasteiger partial charge in [0.05, 0.1) is 17.6 Å². The molecule has 1 N–H and O–H groups in total. The number of nitrogens with zero attached hydrogens (tertiary/aromatic N) is 5. The van der Waals surface area contributed by atoms with Crippen LogP contribution in [0.5, 0.6) is 0 Å². The van der Waals surface area contributed by atoms with E-state index in [1.165, 1.54) is 0 Å². The lowest BCUT2D eigenvalue weighted by Crippen LogP contribution is -2.30. The SMILES string of the molecule is O=C1CCCN1CCNc1ncc(-c2cnccn2)c([C@H]2CCCO2)n1. The van der Waals surface area contributed by atoms with E-state index in [0.29, 0.717) is 25.5 Å². The molecule has 0 radical (unpaired) electrons. The fraction of sp³-hybridized carbons (Fsp3) is 0.500. The van der Waals surface area contributed by atoms with Crippen molar-refractivity contribution in [2.24, 2.45) is 0 Å². The quantitative estimate of drug-likeness (QED) is 0.846. The second-order valence-electron chi connectivity index (χ2n) is 6.50. The highest BCUT2D eigenvalue weighted by Gasteiger charge is 2.24. The van der Waals surface area contributed by atoms with Crippen molar-refractivity contribution in [1.29, 1.82) is 0 Å². The highest BCUT2D eigenvalue weighted by atomic mass is 16.5. The Morgan fingerprint density at radius 3 is 2.92 bits per heavy atom. The fourth-order valence-corrected chi connectivity index (χ4v) is 3.40. The van der Waals surface area contributed by atoms with Gasteiger partial charge in [-0.3, -0.25) is 14.8 Å². The zero-order chi connectivity index (χ0) is 17.8. The first-order chi connectivity index (χ1) is 12.8. The van der Waals surface area contributed by atoms with Crippen LogP contribution in [-0.4, -0.2) is 57.0 Å². The smallest absolute Gasteiger partial charge is 0.223 e. The van der Waals surface area contributed by atoms with E-state index in [-0.39, 0.29) is 12.0 Å². The van der Waals surface area contributed by atoms with Gasteiger partial charge in [-0.25, -0.2) is 9.97 Å². The molecule has 4 heterocycles. The number of ether oxygens (including phenoxy) is 1. The second kappa shape index (κ2) is 7.74. The van der Waals surface area contributed by atoms with E-state index in [0.717, 1.165) is 49.4 Å². The maximum absolute atomic E-state index is 11.7. The molecule has 2 aliphatic rings. The third-order valence-electron chi connectivity index (χ3n) is 4.73. The number of amides is 1. The van der Waals surface area contributed by atoms with E-state index < -0.39 is 0 Å². The van der Waals surface area contributed by atoms with Crippen LogP contribution in [0.25, 0.3) is 11.3 Å². The second-order valence-corrected chi connectivity index (χ2v) is 6.50. The summed E-state index contributed by atoms with van der Waals surface area (Å²) in [5.41, 5.74) is 2.44. The van der Waals surface area contributed by atoms with E-state index in [1.54, 1.807) is 24.8 Å². The molecule has 0 aliphatic carbocycles. The van der Waals surface area contributed by atoms with Crippen molar-refractivity contribution in [3.05, 3.63) is 30.5 Å². The number of aromatic nitrogens is 4. The van der Waals surface area contributed by atoms with E-state index in [9.17, 15) is 4.79 Å². The van der Waals surface area contributed by atoms with Gasteiger partial charge in [-0.15, -0.1) is 0 Å². The van der Waals surface area contributed by atoms with Gasteiger partial charge in [0.25, 0.3) is 0 Å². The van der Waals surface area contributed by atoms with Crippen molar-refractivity contribution >= 4 is 11.9 Å². The highest BCUT2D eigenvalue weighted by Crippen LogP contribution is 2.33. The molecule has 2 saturated heterocycles. The summed E-state index contributed by atoms with van der Waals surface area (Å²) in [5.74, 6) is 0.778. The molecule has 2 fully saturated rings. The molecule has 0 aromatic carbocycles. The first kappa shape index (κ1) is 16.8. The van der Waals surface area contributed by atoms with Gasteiger partial charge in [0.15, 0.2) is 0 Å². The molecule has 136 valence electrons. The lowest BCUT2D eigenvalue weighted by Gasteiger charge is -2.17. The number of carbonyl (C=O) groups excluding carboxylic acids is 1. The number of likely N-dealkylation sites (tertiary alicyclic amines) is 1. The van der Waals surface area contributed by atoms with Gasteiger partial charge in [-0.2, -0.15) is 0 Å². The Morgan fingerprint density at radius 2 is 2.19 bits per heavy atom. The Labute approximate surface area is 152 Å². The molecule has 0 unspecified atom stereocenters. The normalized spacial score (nSPS) is 19.9. The summed E-state index contributed by atoms with van der Waals surface area (Å²) in [4.78, 5) is 31.2. The number of anilines is 1. The molecule has 2 aromatic rings. The van der Waals surface area contributed by atoms with Crippen molar-refractivity contribution in [3.8, 4) is 11.3 Å². The Bertz CT molecular complexity index is 764. The molecule has 2 aromatic heterocycles. The summed E-state index contributed by atoms with van der Waals surface area (Å²) in [6.07, 6.45) is 10.3. The largest absolute Gasteiger partial charge is 0.372 e. The fourth-order valence-electron chi connectivity index (χ4n) is 3.40. The summed E-state index contributed by atoms with van der Waals surface area (Å²) in [7, 11) is 0. The van der Waals surface area contributed by atoms with Crippen LogP contribution in [0.1, 0.15) is 37.5 Å². The number of rotatable bonds is 6. The molecular formula is C18H22N6O2. The minimum atomic E-state index is -0.0456. The molecule has 0 spiro atoms. The van der Waals surface area contributed by atoms with Crippen LogP contribution < -0.4 is 5.32 Å². The minimum Gasteiger partial charge on any atom is -0.372 e. The van der Waals surface area contributed by atoms with Crippen LogP contribution in [-0.2, 0) is 9.53 Å². The molecule has 8 nitrogen and oxygen atoms in total. The Kier molecular flexibility index (Phi) is 5.01. The predicted octanol–water partition coefficient (Wildman–Crippen LogP) is 1.82. The van der Waals surface area contributed by atoms with E-state index in [2.05, 4.69) is 20.3 Å². The summed E-state index contributed by atoms with van der Waals surface area (Å²) in [6, 6.07) is 0. The van der Waals surface area contributed by atoms with E-state index >= 15 is 0 Å². The van der Waals surface area contributed by atoms with Gasteiger partial charge in [0.1, 0.15) is 6.10 Å². The average molecular weight is 354 g/mol. The van der Waals surface area contributed by atoms with Crippen LogP contribution in [0, 0.1) is 0 Å². The Balaban J connectivity index is 1.51. The van der Waals surface area contributed by atoms with Crippen molar-refractivity contribution < 1.29 is 9.53 Å². The molecule has 26 heavy (non-hydrogen) atoms. The minimum absolute atomic E-state index is 0.0456. The van der Waals surface area contributed by atoms with Crippen molar-refractivity contribution in [3.63, 3.8) is 0 Å². The number of carbonyl (C=O) groups is 1.